The Morgan fingerprint density at radius 3 is 0.823 bits per heavy atom. The van der Waals surface area contributed by atoms with Gasteiger partial charge in [0.25, 0.3) is 0 Å². The number of rotatable bonds is 63. The second-order valence-electron chi connectivity index (χ2n) is 23.1. The van der Waals surface area contributed by atoms with Gasteiger partial charge >= 0.3 is 17.9 Å². The van der Waals surface area contributed by atoms with Crippen molar-refractivity contribution in [2.24, 2.45) is 0 Å². The molecule has 0 aromatic carbocycles. The third-order valence-corrected chi connectivity index (χ3v) is 15.2. The summed E-state index contributed by atoms with van der Waals surface area (Å²) in [6, 6.07) is 0. The third kappa shape index (κ3) is 65.5. The second kappa shape index (κ2) is 67.4. The van der Waals surface area contributed by atoms with E-state index in [0.717, 1.165) is 96.3 Å². The zero-order valence-electron chi connectivity index (χ0n) is 52.6. The summed E-state index contributed by atoms with van der Waals surface area (Å²) >= 11 is 0. The molecular weight excluding hydrogens is 973 g/mol. The Balaban J connectivity index is 4.21. The van der Waals surface area contributed by atoms with Crippen LogP contribution >= 0.6 is 0 Å². The Morgan fingerprint density at radius 1 is 0.266 bits per heavy atom. The molecule has 458 valence electrons. The molecule has 0 spiro atoms. The van der Waals surface area contributed by atoms with E-state index in [1.165, 1.54) is 218 Å². The zero-order valence-corrected chi connectivity index (χ0v) is 52.6. The fourth-order valence-electron chi connectivity index (χ4n) is 10.0. The summed E-state index contributed by atoms with van der Waals surface area (Å²) < 4.78 is 16.9. The first-order chi connectivity index (χ1) is 39.0. The number of allylic oxidation sites excluding steroid dienone is 12. The molecule has 0 aliphatic carbocycles. The minimum absolute atomic E-state index is 0.0759. The van der Waals surface area contributed by atoms with Gasteiger partial charge < -0.3 is 14.2 Å². The SMILES string of the molecule is CC/C=C\C/C=C\C/C=C\C/C=C\C/C=C\CCCCCCCCCCCCCC(=O)OCC(COC(=O)CCCCCCC/C=C\CCCC)OC(=O)CCCCCCCCCCCCCCCCCCCCCCCCC. The third-order valence-electron chi connectivity index (χ3n) is 15.2. The highest BCUT2D eigenvalue weighted by molar-refractivity contribution is 5.71. The lowest BCUT2D eigenvalue weighted by Crippen LogP contribution is -2.30. The van der Waals surface area contributed by atoms with Crippen molar-refractivity contribution in [3.63, 3.8) is 0 Å². The number of unbranched alkanes of at least 4 members (excludes halogenated alkanes) is 40. The van der Waals surface area contributed by atoms with Gasteiger partial charge in [-0.25, -0.2) is 0 Å². The fourth-order valence-corrected chi connectivity index (χ4v) is 10.0. The van der Waals surface area contributed by atoms with Crippen LogP contribution in [0.3, 0.4) is 0 Å². The molecule has 0 aliphatic heterocycles. The molecule has 0 heterocycles. The summed E-state index contributed by atoms with van der Waals surface area (Å²) in [7, 11) is 0. The molecule has 0 saturated heterocycles. The summed E-state index contributed by atoms with van der Waals surface area (Å²) in [4.78, 5) is 38.3. The highest BCUT2D eigenvalue weighted by atomic mass is 16.6. The van der Waals surface area contributed by atoms with Crippen molar-refractivity contribution in [2.45, 2.75) is 361 Å². The van der Waals surface area contributed by atoms with Crippen molar-refractivity contribution in [3.05, 3.63) is 72.9 Å². The lowest BCUT2D eigenvalue weighted by atomic mass is 10.0. The average molecular weight is 1100 g/mol. The van der Waals surface area contributed by atoms with Gasteiger partial charge in [-0.1, -0.05) is 325 Å². The van der Waals surface area contributed by atoms with Gasteiger partial charge in [0.05, 0.1) is 0 Å². The van der Waals surface area contributed by atoms with Crippen molar-refractivity contribution in [1.82, 2.24) is 0 Å². The Morgan fingerprint density at radius 2 is 0.506 bits per heavy atom. The van der Waals surface area contributed by atoms with E-state index in [1.54, 1.807) is 0 Å². The largest absolute Gasteiger partial charge is 0.462 e. The van der Waals surface area contributed by atoms with Crippen LogP contribution in [0.4, 0.5) is 0 Å². The van der Waals surface area contributed by atoms with Crippen LogP contribution in [-0.4, -0.2) is 37.2 Å². The molecule has 6 heteroatoms. The Bertz CT molecular complexity index is 1450. The van der Waals surface area contributed by atoms with Gasteiger partial charge in [-0.3, -0.25) is 14.4 Å². The van der Waals surface area contributed by atoms with Gasteiger partial charge in [-0.05, 0) is 83.5 Å². The maximum Gasteiger partial charge on any atom is 0.306 e. The minimum atomic E-state index is -0.779. The second-order valence-corrected chi connectivity index (χ2v) is 23.1. The number of ether oxygens (including phenoxy) is 3. The standard InChI is InChI=1S/C73H130O6/c1-4-7-10-13-16-19-22-24-26-28-30-32-34-35-36-37-39-40-42-44-46-48-51-54-57-60-63-66-72(75)78-69-70(68-77-71(74)65-62-59-56-53-50-21-18-15-12-9-6-3)79-73(76)67-64-61-58-55-52-49-47-45-43-41-38-33-31-29-27-25-23-20-17-14-11-8-5-2/h7,10,15-16,18-19,24,26,30,32,35-36,70H,4-6,8-9,11-14,17,20-23,25,27-29,31,33-34,37-69H2,1-3H3/b10-7-,18-15-,19-16-,26-24-,32-30-,36-35-. The molecule has 0 radical (unpaired) electrons. The number of esters is 3. The summed E-state index contributed by atoms with van der Waals surface area (Å²) in [5.74, 6) is -0.868. The number of carbonyl (C=O) groups excluding carboxylic acids is 3. The van der Waals surface area contributed by atoms with Crippen molar-refractivity contribution in [2.75, 3.05) is 13.2 Å². The summed E-state index contributed by atoms with van der Waals surface area (Å²) in [6.07, 6.45) is 87.9. The molecule has 79 heavy (non-hydrogen) atoms. The van der Waals surface area contributed by atoms with Crippen LogP contribution in [0.5, 0.6) is 0 Å². The van der Waals surface area contributed by atoms with Crippen molar-refractivity contribution in [3.8, 4) is 0 Å². The van der Waals surface area contributed by atoms with E-state index in [4.69, 9.17) is 14.2 Å². The highest BCUT2D eigenvalue weighted by Crippen LogP contribution is 2.18. The molecule has 0 rings (SSSR count). The first-order valence-electron chi connectivity index (χ1n) is 34.4. The average Bonchev–Trinajstić information content (AvgIpc) is 3.45. The van der Waals surface area contributed by atoms with Crippen molar-refractivity contribution in [1.29, 1.82) is 0 Å². The van der Waals surface area contributed by atoms with Gasteiger partial charge in [-0.2, -0.15) is 0 Å². The van der Waals surface area contributed by atoms with Gasteiger partial charge in [0.1, 0.15) is 13.2 Å². The van der Waals surface area contributed by atoms with Crippen LogP contribution in [0.1, 0.15) is 355 Å². The summed E-state index contributed by atoms with van der Waals surface area (Å²) in [5, 5.41) is 0. The van der Waals surface area contributed by atoms with Crippen molar-refractivity contribution >= 4 is 17.9 Å². The van der Waals surface area contributed by atoms with Crippen LogP contribution in [0.2, 0.25) is 0 Å². The fraction of sp³-hybridized carbons (Fsp3) is 0.795. The van der Waals surface area contributed by atoms with E-state index >= 15 is 0 Å². The normalized spacial score (nSPS) is 12.5. The molecule has 1 atom stereocenters. The predicted molar refractivity (Wildman–Crippen MR) is 344 cm³/mol. The topological polar surface area (TPSA) is 78.9 Å². The molecule has 0 aliphatic rings. The lowest BCUT2D eigenvalue weighted by molar-refractivity contribution is -0.167. The molecule has 0 fully saturated rings. The Hall–Kier alpha value is -3.15. The summed E-state index contributed by atoms with van der Waals surface area (Å²) in [6.45, 7) is 6.53. The van der Waals surface area contributed by atoms with Crippen LogP contribution in [0.25, 0.3) is 0 Å². The first-order valence-corrected chi connectivity index (χ1v) is 34.4. The van der Waals surface area contributed by atoms with E-state index in [0.29, 0.717) is 19.3 Å². The maximum absolute atomic E-state index is 12.9. The number of hydrogen-bond donors (Lipinski definition) is 0. The lowest BCUT2D eigenvalue weighted by Gasteiger charge is -2.18. The van der Waals surface area contributed by atoms with Gasteiger partial charge in [0.2, 0.25) is 0 Å². The quantitative estimate of drug-likeness (QED) is 0.0261. The maximum atomic E-state index is 12.9. The molecule has 0 aromatic heterocycles. The van der Waals surface area contributed by atoms with Crippen molar-refractivity contribution < 1.29 is 28.6 Å². The molecule has 0 bridgehead atoms. The van der Waals surface area contributed by atoms with Crippen LogP contribution in [-0.2, 0) is 28.6 Å². The monoisotopic (exact) mass is 1100 g/mol. The molecule has 1 unspecified atom stereocenters. The van der Waals surface area contributed by atoms with Crippen LogP contribution in [0, 0.1) is 0 Å². The molecule has 0 aromatic rings. The first kappa shape index (κ1) is 75.8. The Kier molecular flexibility index (Phi) is 64.7. The van der Waals surface area contributed by atoms with Gasteiger partial charge in [-0.15, -0.1) is 0 Å². The minimum Gasteiger partial charge on any atom is -0.462 e. The molecule has 0 saturated carbocycles. The van der Waals surface area contributed by atoms with E-state index in [1.807, 2.05) is 0 Å². The number of hydrogen-bond acceptors (Lipinski definition) is 6. The van der Waals surface area contributed by atoms with Crippen LogP contribution < -0.4 is 0 Å². The molecule has 6 nitrogen and oxygen atoms in total. The zero-order chi connectivity index (χ0) is 57.1. The van der Waals surface area contributed by atoms with Gasteiger partial charge in [0.15, 0.2) is 6.10 Å². The summed E-state index contributed by atoms with van der Waals surface area (Å²) in [5.41, 5.74) is 0. The smallest absolute Gasteiger partial charge is 0.306 e. The molecule has 0 amide bonds. The number of carbonyl (C=O) groups is 3. The van der Waals surface area contributed by atoms with E-state index in [2.05, 4.69) is 93.7 Å². The molecule has 0 N–H and O–H groups in total. The molecular formula is C73H130O6. The predicted octanol–water partition coefficient (Wildman–Crippen LogP) is 23.7. The van der Waals surface area contributed by atoms with E-state index in [9.17, 15) is 14.4 Å². The highest BCUT2D eigenvalue weighted by Gasteiger charge is 2.19. The Labute approximate surface area is 491 Å². The van der Waals surface area contributed by atoms with Gasteiger partial charge in [0, 0.05) is 19.3 Å². The van der Waals surface area contributed by atoms with E-state index < -0.39 is 6.10 Å². The van der Waals surface area contributed by atoms with Crippen LogP contribution in [0.15, 0.2) is 72.9 Å². The van der Waals surface area contributed by atoms with E-state index in [-0.39, 0.29) is 31.1 Å².